The van der Waals surface area contributed by atoms with E-state index in [1.807, 2.05) is 24.3 Å². The molecule has 3 rings (SSSR count). The number of carbonyl (C=O) groups is 1. The number of esters is 1. The molecule has 0 saturated heterocycles. The molecule has 0 radical (unpaired) electrons. The monoisotopic (exact) mass is 528 g/mol. The van der Waals surface area contributed by atoms with E-state index in [1.54, 1.807) is 26.0 Å². The van der Waals surface area contributed by atoms with Crippen LogP contribution in [0.2, 0.25) is 0 Å². The first-order valence-corrected chi connectivity index (χ1v) is 11.4. The van der Waals surface area contributed by atoms with Crippen LogP contribution in [0.3, 0.4) is 0 Å². The zero-order chi connectivity index (χ0) is 20.7. The summed E-state index contributed by atoms with van der Waals surface area (Å²) in [7, 11) is -4.11. The molecule has 0 N–H and O–H groups in total. The number of cyclic esters (lactones) is 1. The lowest BCUT2D eigenvalue weighted by atomic mass is 9.77. The summed E-state index contributed by atoms with van der Waals surface area (Å²) < 4.78 is 38.4. The Morgan fingerprint density at radius 3 is 2.00 bits per heavy atom. The molecule has 1 heterocycles. The summed E-state index contributed by atoms with van der Waals surface area (Å²) in [5.74, 6) is -0.521. The van der Waals surface area contributed by atoms with Crippen molar-refractivity contribution in [1.29, 1.82) is 0 Å². The molecule has 2 aromatic carbocycles. The van der Waals surface area contributed by atoms with Crippen LogP contribution in [0.25, 0.3) is 0 Å². The van der Waals surface area contributed by atoms with E-state index in [0.717, 1.165) is 14.5 Å². The lowest BCUT2D eigenvalue weighted by Gasteiger charge is -2.39. The molecule has 2 aromatic rings. The minimum absolute atomic E-state index is 0.00549. The average molecular weight is 530 g/mol. The molecule has 8 heteroatoms. The van der Waals surface area contributed by atoms with Crippen molar-refractivity contribution in [2.75, 3.05) is 0 Å². The van der Waals surface area contributed by atoms with Crippen LogP contribution in [0.4, 0.5) is 0 Å². The van der Waals surface area contributed by atoms with E-state index in [2.05, 4.69) is 31.9 Å². The molecule has 1 aliphatic heterocycles. The molecule has 0 aliphatic carbocycles. The molecule has 0 fully saturated rings. The van der Waals surface area contributed by atoms with Crippen LogP contribution in [0.15, 0.2) is 73.7 Å². The Labute approximate surface area is 181 Å². The Hall–Kier alpha value is -1.64. The quantitative estimate of drug-likeness (QED) is 0.385. The van der Waals surface area contributed by atoms with Gasteiger partial charge in [-0.2, -0.15) is 8.42 Å². The number of rotatable bonds is 4. The molecule has 0 spiro atoms. The van der Waals surface area contributed by atoms with Gasteiger partial charge in [0, 0.05) is 8.95 Å². The van der Waals surface area contributed by atoms with Crippen molar-refractivity contribution in [2.45, 2.75) is 31.8 Å². The molecule has 0 bridgehead atoms. The van der Waals surface area contributed by atoms with Crippen molar-refractivity contribution >= 4 is 47.9 Å². The van der Waals surface area contributed by atoms with E-state index in [0.29, 0.717) is 0 Å². The molecular formula is C20H18Br2O5S. The Morgan fingerprint density at radius 2 is 1.46 bits per heavy atom. The van der Waals surface area contributed by atoms with Crippen LogP contribution in [-0.2, 0) is 23.8 Å². The molecular weight excluding hydrogens is 512 g/mol. The largest absolute Gasteiger partial charge is 0.453 e. The Balaban J connectivity index is 2.02. The number of hydrogen-bond acceptors (Lipinski definition) is 5. The number of hydrogen-bond donors (Lipinski definition) is 0. The highest BCUT2D eigenvalue weighted by Gasteiger charge is 2.46. The van der Waals surface area contributed by atoms with E-state index in [9.17, 15) is 13.2 Å². The highest BCUT2D eigenvalue weighted by atomic mass is 79.9. The molecule has 5 nitrogen and oxygen atoms in total. The Kier molecular flexibility index (Phi) is 5.76. The molecule has 0 aromatic heterocycles. The van der Waals surface area contributed by atoms with E-state index in [4.69, 9.17) is 8.92 Å². The highest BCUT2D eigenvalue weighted by Crippen LogP contribution is 2.48. The van der Waals surface area contributed by atoms with Gasteiger partial charge in [-0.05, 0) is 62.7 Å². The first kappa shape index (κ1) is 21.1. The van der Waals surface area contributed by atoms with Gasteiger partial charge >= 0.3 is 16.1 Å². The fourth-order valence-electron chi connectivity index (χ4n) is 3.09. The van der Waals surface area contributed by atoms with Crippen molar-refractivity contribution in [1.82, 2.24) is 0 Å². The maximum Gasteiger partial charge on any atom is 0.338 e. The summed E-state index contributed by atoms with van der Waals surface area (Å²) in [6.45, 7) is 5.10. The third-order valence-electron chi connectivity index (χ3n) is 4.58. The van der Waals surface area contributed by atoms with Gasteiger partial charge in [-0.15, -0.1) is 0 Å². The number of carbonyl (C=O) groups excluding carboxylic acids is 1. The predicted octanol–water partition coefficient (Wildman–Crippen LogP) is 5.52. The Bertz CT molecular complexity index is 1040. The minimum atomic E-state index is -4.11. The molecule has 0 amide bonds. The fraction of sp³-hybridized carbons (Fsp3) is 0.250. The maximum absolute atomic E-state index is 12.8. The smallest absolute Gasteiger partial charge is 0.338 e. The number of benzene rings is 2. The molecule has 0 unspecified atom stereocenters. The first-order valence-electron chi connectivity index (χ1n) is 8.40. The van der Waals surface area contributed by atoms with Crippen molar-refractivity contribution < 1.29 is 22.1 Å². The summed E-state index contributed by atoms with van der Waals surface area (Å²) in [6.07, 6.45) is -0.688. The van der Waals surface area contributed by atoms with Crippen LogP contribution in [0.5, 0.6) is 0 Å². The van der Waals surface area contributed by atoms with E-state index < -0.39 is 27.6 Å². The number of halogens is 2. The van der Waals surface area contributed by atoms with Gasteiger partial charge in [-0.25, -0.2) is 4.79 Å². The topological polar surface area (TPSA) is 69.7 Å². The van der Waals surface area contributed by atoms with Crippen LogP contribution in [0.1, 0.15) is 32.4 Å². The summed E-state index contributed by atoms with van der Waals surface area (Å²) in [4.78, 5) is 12.4. The van der Waals surface area contributed by atoms with Gasteiger partial charge in [0.05, 0.1) is 11.0 Å². The minimum Gasteiger partial charge on any atom is -0.453 e. The summed E-state index contributed by atoms with van der Waals surface area (Å²) in [6, 6.07) is 13.4. The van der Waals surface area contributed by atoms with Gasteiger partial charge in [0.2, 0.25) is 0 Å². The van der Waals surface area contributed by atoms with Crippen molar-refractivity contribution in [3.8, 4) is 0 Å². The van der Waals surface area contributed by atoms with Crippen LogP contribution >= 0.6 is 31.9 Å². The van der Waals surface area contributed by atoms with E-state index in [1.165, 1.54) is 19.1 Å². The standard InChI is InChI=1S/C20H18Br2O5S/c1-12-17(27-28(24,25)16-10-8-15(22)9-11-16)20(2,3)18(26-19(12)23)13-4-6-14(21)7-5-13/h4-11,18H,1-3H3/t18-/m1/s1. The number of ether oxygens (including phenoxy) is 1. The second-order valence-electron chi connectivity index (χ2n) is 7.00. The fourth-order valence-corrected chi connectivity index (χ4v) is 4.74. The van der Waals surface area contributed by atoms with Crippen LogP contribution < -0.4 is 0 Å². The normalized spacial score (nSPS) is 19.3. The average Bonchev–Trinajstić information content (AvgIpc) is 2.63. The van der Waals surface area contributed by atoms with Gasteiger partial charge in [-0.1, -0.05) is 44.0 Å². The third-order valence-corrected chi connectivity index (χ3v) is 6.87. The second-order valence-corrected chi connectivity index (χ2v) is 10.4. The van der Waals surface area contributed by atoms with E-state index in [-0.39, 0.29) is 16.2 Å². The highest BCUT2D eigenvalue weighted by molar-refractivity contribution is 9.10. The SMILES string of the molecule is CC1=C(OS(=O)(=O)c2ccc(Br)cc2)C(C)(C)[C@@H](c2ccc(Br)cc2)OC1=O. The van der Waals surface area contributed by atoms with Crippen LogP contribution in [-0.4, -0.2) is 14.4 Å². The first-order chi connectivity index (χ1) is 13.0. The van der Waals surface area contributed by atoms with Crippen molar-refractivity contribution in [2.24, 2.45) is 5.41 Å². The summed E-state index contributed by atoms with van der Waals surface area (Å²) in [5, 5.41) is 0. The maximum atomic E-state index is 12.8. The van der Waals surface area contributed by atoms with Gasteiger partial charge < -0.3 is 8.92 Å². The molecule has 0 saturated carbocycles. The van der Waals surface area contributed by atoms with Gasteiger partial charge in [-0.3, -0.25) is 0 Å². The van der Waals surface area contributed by atoms with Gasteiger partial charge in [0.1, 0.15) is 16.8 Å². The zero-order valence-electron chi connectivity index (χ0n) is 15.4. The zero-order valence-corrected chi connectivity index (χ0v) is 19.4. The third kappa shape index (κ3) is 4.04. The van der Waals surface area contributed by atoms with Crippen molar-refractivity contribution in [3.05, 3.63) is 74.4 Å². The molecule has 28 heavy (non-hydrogen) atoms. The van der Waals surface area contributed by atoms with Crippen molar-refractivity contribution in [3.63, 3.8) is 0 Å². The summed E-state index contributed by atoms with van der Waals surface area (Å²) >= 11 is 6.65. The van der Waals surface area contributed by atoms with Crippen LogP contribution in [0, 0.1) is 5.41 Å². The lowest BCUT2D eigenvalue weighted by Crippen LogP contribution is -2.37. The lowest BCUT2D eigenvalue weighted by molar-refractivity contribution is -0.154. The molecule has 148 valence electrons. The van der Waals surface area contributed by atoms with Gasteiger partial charge in [0.25, 0.3) is 0 Å². The second kappa shape index (κ2) is 7.65. The summed E-state index contributed by atoms with van der Waals surface area (Å²) in [5.41, 5.74) is -0.0101. The molecule has 1 atom stereocenters. The Morgan fingerprint density at radius 1 is 0.964 bits per heavy atom. The van der Waals surface area contributed by atoms with E-state index >= 15 is 0 Å². The van der Waals surface area contributed by atoms with Gasteiger partial charge in [0.15, 0.2) is 0 Å². The predicted molar refractivity (Wildman–Crippen MR) is 112 cm³/mol. The molecule has 1 aliphatic rings.